The molecule has 0 radical (unpaired) electrons. The molecule has 1 heterocycles. The highest BCUT2D eigenvalue weighted by atomic mass is 32.2. The first-order chi connectivity index (χ1) is 13.6. The van der Waals surface area contributed by atoms with Crippen molar-refractivity contribution in [3.05, 3.63) is 60.4 Å². The number of imidazole rings is 1. The van der Waals surface area contributed by atoms with E-state index in [9.17, 15) is 9.59 Å². The molecule has 7 heteroatoms. The van der Waals surface area contributed by atoms with Crippen LogP contribution in [-0.4, -0.2) is 52.7 Å². The first-order valence-electron chi connectivity index (χ1n) is 9.16. The number of hydrogen-bond acceptors (Lipinski definition) is 4. The Morgan fingerprint density at radius 3 is 2.68 bits per heavy atom. The minimum Gasteiger partial charge on any atom is -0.352 e. The zero-order chi connectivity index (χ0) is 19.9. The van der Waals surface area contributed by atoms with Gasteiger partial charge in [0.05, 0.1) is 28.7 Å². The van der Waals surface area contributed by atoms with Crippen LogP contribution in [0.5, 0.6) is 0 Å². The van der Waals surface area contributed by atoms with Crippen molar-refractivity contribution in [1.29, 1.82) is 0 Å². The minimum absolute atomic E-state index is 0.0211. The number of hydrogen-bond donors (Lipinski definition) is 1. The molecule has 0 unspecified atom stereocenters. The summed E-state index contributed by atoms with van der Waals surface area (Å²) in [4.78, 5) is 31.1. The molecule has 0 aliphatic rings. The van der Waals surface area contributed by atoms with Crippen molar-refractivity contribution in [2.24, 2.45) is 0 Å². The lowest BCUT2D eigenvalue weighted by atomic mass is 10.2. The quantitative estimate of drug-likeness (QED) is 0.469. The summed E-state index contributed by atoms with van der Waals surface area (Å²) >= 11 is 1.39. The SMILES string of the molecule is CN(C)C(=O)CSc1ccccc1C(=O)NCCCn1cnc2ccccc21. The van der Waals surface area contributed by atoms with Crippen LogP contribution in [0.4, 0.5) is 0 Å². The molecule has 3 rings (SSSR count). The van der Waals surface area contributed by atoms with Crippen LogP contribution in [0.1, 0.15) is 16.8 Å². The number of aryl methyl sites for hydroxylation is 1. The Kier molecular flexibility index (Phi) is 6.71. The van der Waals surface area contributed by atoms with E-state index in [1.54, 1.807) is 25.1 Å². The molecule has 0 bridgehead atoms. The fraction of sp³-hybridized carbons (Fsp3) is 0.286. The summed E-state index contributed by atoms with van der Waals surface area (Å²) < 4.78 is 2.10. The third kappa shape index (κ3) is 4.92. The largest absolute Gasteiger partial charge is 0.352 e. The molecule has 0 fully saturated rings. The number of carbonyl (C=O) groups excluding carboxylic acids is 2. The van der Waals surface area contributed by atoms with E-state index in [1.807, 2.05) is 48.8 Å². The van der Waals surface area contributed by atoms with E-state index in [4.69, 9.17) is 0 Å². The van der Waals surface area contributed by atoms with Crippen LogP contribution in [-0.2, 0) is 11.3 Å². The van der Waals surface area contributed by atoms with Crippen LogP contribution >= 0.6 is 11.8 Å². The summed E-state index contributed by atoms with van der Waals surface area (Å²) in [5.74, 6) is 0.217. The molecule has 2 aromatic carbocycles. The zero-order valence-corrected chi connectivity index (χ0v) is 16.9. The van der Waals surface area contributed by atoms with Gasteiger partial charge in [0, 0.05) is 32.1 Å². The van der Waals surface area contributed by atoms with Gasteiger partial charge in [0.1, 0.15) is 0 Å². The van der Waals surface area contributed by atoms with Crippen molar-refractivity contribution in [1.82, 2.24) is 19.8 Å². The van der Waals surface area contributed by atoms with Gasteiger partial charge in [0.2, 0.25) is 5.91 Å². The van der Waals surface area contributed by atoms with Gasteiger partial charge in [0.15, 0.2) is 0 Å². The summed E-state index contributed by atoms with van der Waals surface area (Å²) in [6, 6.07) is 15.4. The highest BCUT2D eigenvalue weighted by molar-refractivity contribution is 8.00. The van der Waals surface area contributed by atoms with Crippen LogP contribution in [0.25, 0.3) is 11.0 Å². The summed E-state index contributed by atoms with van der Waals surface area (Å²) in [5, 5.41) is 2.98. The van der Waals surface area contributed by atoms with E-state index in [2.05, 4.69) is 14.9 Å². The van der Waals surface area contributed by atoms with Crippen LogP contribution in [0.15, 0.2) is 59.8 Å². The normalized spacial score (nSPS) is 10.8. The van der Waals surface area contributed by atoms with E-state index in [0.717, 1.165) is 28.9 Å². The fourth-order valence-electron chi connectivity index (χ4n) is 2.78. The van der Waals surface area contributed by atoms with Crippen molar-refractivity contribution in [3.8, 4) is 0 Å². The van der Waals surface area contributed by atoms with Gasteiger partial charge in [-0.1, -0.05) is 24.3 Å². The molecular formula is C21H24N4O2S. The van der Waals surface area contributed by atoms with Crippen molar-refractivity contribution < 1.29 is 9.59 Å². The molecule has 0 saturated carbocycles. The number of thioether (sulfide) groups is 1. The predicted octanol–water partition coefficient (Wildman–Crippen LogP) is 3.04. The number of fused-ring (bicyclic) bond motifs is 1. The van der Waals surface area contributed by atoms with E-state index in [0.29, 0.717) is 17.9 Å². The Hall–Kier alpha value is -2.80. The lowest BCUT2D eigenvalue weighted by molar-refractivity contribution is -0.125. The van der Waals surface area contributed by atoms with E-state index in [1.165, 1.54) is 11.8 Å². The number of aromatic nitrogens is 2. The first kappa shape index (κ1) is 19.9. The molecule has 0 saturated heterocycles. The highest BCUT2D eigenvalue weighted by Gasteiger charge is 2.13. The van der Waals surface area contributed by atoms with Crippen LogP contribution in [0, 0.1) is 0 Å². The standard InChI is InChI=1S/C21H24N4O2S/c1-24(2)20(26)14-28-19-11-6-3-8-16(19)21(27)22-12-7-13-25-15-23-17-9-4-5-10-18(17)25/h3-6,8-11,15H,7,12-14H2,1-2H3,(H,22,27). The minimum atomic E-state index is -0.115. The summed E-state index contributed by atoms with van der Waals surface area (Å²) in [7, 11) is 3.45. The maximum Gasteiger partial charge on any atom is 0.252 e. The lowest BCUT2D eigenvalue weighted by Crippen LogP contribution is -2.26. The molecule has 0 spiro atoms. The van der Waals surface area contributed by atoms with Crippen LogP contribution in [0.3, 0.4) is 0 Å². The van der Waals surface area contributed by atoms with Crippen LogP contribution in [0.2, 0.25) is 0 Å². The predicted molar refractivity (Wildman–Crippen MR) is 113 cm³/mol. The number of para-hydroxylation sites is 2. The van der Waals surface area contributed by atoms with Crippen molar-refractivity contribution in [2.75, 3.05) is 26.4 Å². The molecule has 0 aliphatic heterocycles. The van der Waals surface area contributed by atoms with Gasteiger partial charge in [-0.3, -0.25) is 9.59 Å². The van der Waals surface area contributed by atoms with Gasteiger partial charge >= 0.3 is 0 Å². The number of rotatable bonds is 8. The summed E-state index contributed by atoms with van der Waals surface area (Å²) in [6.45, 7) is 1.36. The van der Waals surface area contributed by atoms with Crippen molar-refractivity contribution >= 4 is 34.6 Å². The number of nitrogens with one attached hydrogen (secondary N) is 1. The molecule has 1 aromatic heterocycles. The lowest BCUT2D eigenvalue weighted by Gasteiger charge is -2.12. The molecule has 3 aromatic rings. The van der Waals surface area contributed by atoms with E-state index < -0.39 is 0 Å². The number of nitrogens with zero attached hydrogens (tertiary/aromatic N) is 3. The Bertz CT molecular complexity index is 968. The zero-order valence-electron chi connectivity index (χ0n) is 16.1. The molecule has 1 N–H and O–H groups in total. The van der Waals surface area contributed by atoms with Gasteiger partial charge < -0.3 is 14.8 Å². The third-order valence-corrected chi connectivity index (χ3v) is 5.43. The van der Waals surface area contributed by atoms with Gasteiger partial charge in [0.25, 0.3) is 5.91 Å². The number of carbonyl (C=O) groups is 2. The molecule has 0 atom stereocenters. The molecular weight excluding hydrogens is 372 g/mol. The second-order valence-corrected chi connectivity index (χ2v) is 7.63. The van der Waals surface area contributed by atoms with Gasteiger partial charge in [-0.25, -0.2) is 4.98 Å². The maximum absolute atomic E-state index is 12.6. The van der Waals surface area contributed by atoms with Gasteiger partial charge in [-0.15, -0.1) is 11.8 Å². The maximum atomic E-state index is 12.6. The molecule has 146 valence electrons. The topological polar surface area (TPSA) is 67.2 Å². The van der Waals surface area contributed by atoms with Crippen LogP contribution < -0.4 is 5.32 Å². The van der Waals surface area contributed by atoms with Gasteiger partial charge in [-0.2, -0.15) is 0 Å². The first-order valence-corrected chi connectivity index (χ1v) is 10.1. The molecule has 0 aliphatic carbocycles. The highest BCUT2D eigenvalue weighted by Crippen LogP contribution is 2.22. The summed E-state index contributed by atoms with van der Waals surface area (Å²) in [5.41, 5.74) is 2.68. The van der Waals surface area contributed by atoms with Crippen molar-refractivity contribution in [2.45, 2.75) is 17.9 Å². The Labute approximate surface area is 168 Å². The number of benzene rings is 2. The molecule has 2 amide bonds. The summed E-state index contributed by atoms with van der Waals surface area (Å²) in [6.07, 6.45) is 2.64. The average molecular weight is 397 g/mol. The van der Waals surface area contributed by atoms with E-state index in [-0.39, 0.29) is 11.8 Å². The molecule has 6 nitrogen and oxygen atoms in total. The fourth-order valence-corrected chi connectivity index (χ4v) is 3.81. The second kappa shape index (κ2) is 9.41. The van der Waals surface area contributed by atoms with E-state index >= 15 is 0 Å². The average Bonchev–Trinajstić information content (AvgIpc) is 3.12. The Morgan fingerprint density at radius 2 is 1.86 bits per heavy atom. The number of amides is 2. The van der Waals surface area contributed by atoms with Crippen molar-refractivity contribution in [3.63, 3.8) is 0 Å². The van der Waals surface area contributed by atoms with Gasteiger partial charge in [-0.05, 0) is 30.7 Å². The second-order valence-electron chi connectivity index (χ2n) is 6.61. The smallest absolute Gasteiger partial charge is 0.252 e. The Balaban J connectivity index is 1.53. The third-order valence-electron chi connectivity index (χ3n) is 4.37. The molecule has 28 heavy (non-hydrogen) atoms. The monoisotopic (exact) mass is 396 g/mol. The Morgan fingerprint density at radius 1 is 1.11 bits per heavy atom.